The van der Waals surface area contributed by atoms with Crippen molar-refractivity contribution in [1.29, 1.82) is 0 Å². The predicted molar refractivity (Wildman–Crippen MR) is 111 cm³/mol. The topological polar surface area (TPSA) is 38.1 Å². The number of fused-ring (bicyclic) bond motifs is 1. The fraction of sp³-hybridized carbons (Fsp3) is 0.167. The van der Waals surface area contributed by atoms with Crippen LogP contribution in [0.5, 0.6) is 0 Å². The van der Waals surface area contributed by atoms with Crippen molar-refractivity contribution in [3.05, 3.63) is 96.1 Å². The van der Waals surface area contributed by atoms with Crippen LogP contribution in [0.25, 0.3) is 11.0 Å². The number of hydrogen-bond acceptors (Lipinski definition) is 2. The fourth-order valence-corrected chi connectivity index (χ4v) is 4.09. The molecule has 0 N–H and O–H groups in total. The third kappa shape index (κ3) is 3.29. The lowest BCUT2D eigenvalue weighted by Crippen LogP contribution is -2.24. The van der Waals surface area contributed by atoms with Gasteiger partial charge in [-0.05, 0) is 42.0 Å². The minimum Gasteiger partial charge on any atom is -0.323 e. The van der Waals surface area contributed by atoms with E-state index in [4.69, 9.17) is 4.98 Å². The first-order valence-corrected chi connectivity index (χ1v) is 9.74. The first-order valence-electron chi connectivity index (χ1n) is 9.74. The number of rotatable bonds is 4. The minimum atomic E-state index is -0.304. The van der Waals surface area contributed by atoms with E-state index in [1.807, 2.05) is 36.4 Å². The molecular weight excluding hydrogens is 365 g/mol. The van der Waals surface area contributed by atoms with E-state index < -0.39 is 0 Å². The van der Waals surface area contributed by atoms with Crippen molar-refractivity contribution in [3.63, 3.8) is 0 Å². The molecule has 5 heteroatoms. The second-order valence-corrected chi connectivity index (χ2v) is 7.41. The van der Waals surface area contributed by atoms with Crippen molar-refractivity contribution >= 4 is 22.6 Å². The Morgan fingerprint density at radius 1 is 0.931 bits per heavy atom. The molecule has 5 rings (SSSR count). The Hall–Kier alpha value is -3.47. The summed E-state index contributed by atoms with van der Waals surface area (Å²) in [4.78, 5) is 19.3. The molecule has 1 atom stereocenters. The van der Waals surface area contributed by atoms with Crippen LogP contribution in [-0.4, -0.2) is 22.0 Å². The van der Waals surface area contributed by atoms with Crippen molar-refractivity contribution in [3.8, 4) is 0 Å². The molecule has 144 valence electrons. The number of benzene rings is 3. The first kappa shape index (κ1) is 17.6. The molecule has 0 saturated carbocycles. The minimum absolute atomic E-state index is 0.0105. The molecular formula is C24H20FN3O. The molecule has 4 aromatic rings. The van der Waals surface area contributed by atoms with Gasteiger partial charge in [0, 0.05) is 31.1 Å². The number of carbonyl (C=O) groups is 1. The second-order valence-electron chi connectivity index (χ2n) is 7.41. The van der Waals surface area contributed by atoms with Gasteiger partial charge >= 0.3 is 0 Å². The molecule has 1 aromatic heterocycles. The van der Waals surface area contributed by atoms with Gasteiger partial charge in [-0.2, -0.15) is 0 Å². The van der Waals surface area contributed by atoms with Crippen LogP contribution in [-0.2, 0) is 11.3 Å². The highest BCUT2D eigenvalue weighted by Gasteiger charge is 2.34. The Labute approximate surface area is 168 Å². The van der Waals surface area contributed by atoms with E-state index in [0.717, 1.165) is 22.5 Å². The van der Waals surface area contributed by atoms with Gasteiger partial charge < -0.3 is 9.47 Å². The quantitative estimate of drug-likeness (QED) is 0.509. The van der Waals surface area contributed by atoms with E-state index in [9.17, 15) is 9.18 Å². The Balaban J connectivity index is 1.52. The SMILES string of the molecule is O=C1CC(c2nc3ccccc3n2Cc2ccccc2)CN1c1ccc(F)cc1. The van der Waals surface area contributed by atoms with Crippen LogP contribution in [0.3, 0.4) is 0 Å². The van der Waals surface area contributed by atoms with Crippen molar-refractivity contribution in [2.24, 2.45) is 0 Å². The van der Waals surface area contributed by atoms with Gasteiger partial charge in [-0.25, -0.2) is 9.37 Å². The van der Waals surface area contributed by atoms with Crippen molar-refractivity contribution < 1.29 is 9.18 Å². The average Bonchev–Trinajstić information content (AvgIpc) is 3.30. The highest BCUT2D eigenvalue weighted by Crippen LogP contribution is 2.33. The Morgan fingerprint density at radius 2 is 1.66 bits per heavy atom. The maximum Gasteiger partial charge on any atom is 0.227 e. The summed E-state index contributed by atoms with van der Waals surface area (Å²) in [6, 6.07) is 24.4. The lowest BCUT2D eigenvalue weighted by Gasteiger charge is -2.17. The third-order valence-corrected chi connectivity index (χ3v) is 5.50. The zero-order chi connectivity index (χ0) is 19.8. The summed E-state index contributed by atoms with van der Waals surface area (Å²) in [5, 5.41) is 0. The van der Waals surface area contributed by atoms with Crippen LogP contribution in [0.2, 0.25) is 0 Å². The summed E-state index contributed by atoms with van der Waals surface area (Å²) in [6.45, 7) is 1.25. The number of anilines is 1. The zero-order valence-electron chi connectivity index (χ0n) is 15.8. The van der Waals surface area contributed by atoms with E-state index in [0.29, 0.717) is 19.5 Å². The highest BCUT2D eigenvalue weighted by atomic mass is 19.1. The van der Waals surface area contributed by atoms with E-state index in [1.54, 1.807) is 17.0 Å². The molecule has 29 heavy (non-hydrogen) atoms. The third-order valence-electron chi connectivity index (χ3n) is 5.50. The monoisotopic (exact) mass is 385 g/mol. The maximum absolute atomic E-state index is 13.3. The Morgan fingerprint density at radius 3 is 2.45 bits per heavy atom. The summed E-state index contributed by atoms with van der Waals surface area (Å²) < 4.78 is 15.5. The Bertz CT molecular complexity index is 1170. The molecule has 2 heterocycles. The fourth-order valence-electron chi connectivity index (χ4n) is 4.09. The van der Waals surface area contributed by atoms with Crippen molar-refractivity contribution in [2.45, 2.75) is 18.9 Å². The molecule has 1 saturated heterocycles. The van der Waals surface area contributed by atoms with Gasteiger partial charge in [-0.15, -0.1) is 0 Å². The van der Waals surface area contributed by atoms with E-state index in [2.05, 4.69) is 22.8 Å². The standard InChI is InChI=1S/C24H20FN3O/c25-19-10-12-20(13-11-19)27-16-18(14-23(27)29)24-26-21-8-4-5-9-22(21)28(24)15-17-6-2-1-3-7-17/h1-13,18H,14-16H2. The molecule has 3 aromatic carbocycles. The molecule has 1 amide bonds. The van der Waals surface area contributed by atoms with Crippen molar-refractivity contribution in [1.82, 2.24) is 9.55 Å². The lowest BCUT2D eigenvalue weighted by atomic mass is 10.1. The second kappa shape index (κ2) is 7.17. The summed E-state index contributed by atoms with van der Waals surface area (Å²) in [5.41, 5.74) is 3.92. The van der Waals surface area contributed by atoms with Gasteiger partial charge in [-0.3, -0.25) is 4.79 Å². The number of imidazole rings is 1. The summed E-state index contributed by atoms with van der Waals surface area (Å²) in [6.07, 6.45) is 0.398. The molecule has 0 aliphatic carbocycles. The van der Waals surface area contributed by atoms with E-state index >= 15 is 0 Å². The maximum atomic E-state index is 13.3. The summed E-state index contributed by atoms with van der Waals surface area (Å²) in [5.74, 6) is 0.651. The van der Waals surface area contributed by atoms with Crippen LogP contribution in [0.4, 0.5) is 10.1 Å². The van der Waals surface area contributed by atoms with Gasteiger partial charge in [0.25, 0.3) is 0 Å². The molecule has 0 bridgehead atoms. The molecule has 0 radical (unpaired) electrons. The molecule has 1 aliphatic rings. The van der Waals surface area contributed by atoms with Crippen molar-refractivity contribution in [2.75, 3.05) is 11.4 Å². The predicted octanol–water partition coefficient (Wildman–Crippen LogP) is 4.74. The number of aromatic nitrogens is 2. The van der Waals surface area contributed by atoms with E-state index in [-0.39, 0.29) is 17.6 Å². The number of halogens is 1. The van der Waals surface area contributed by atoms with Crippen LogP contribution in [0.15, 0.2) is 78.9 Å². The smallest absolute Gasteiger partial charge is 0.227 e. The van der Waals surface area contributed by atoms with Gasteiger partial charge in [0.1, 0.15) is 11.6 Å². The average molecular weight is 385 g/mol. The van der Waals surface area contributed by atoms with Crippen LogP contribution in [0, 0.1) is 5.82 Å². The number of para-hydroxylation sites is 2. The number of hydrogen-bond donors (Lipinski definition) is 0. The lowest BCUT2D eigenvalue weighted by molar-refractivity contribution is -0.117. The number of nitrogens with zero attached hydrogens (tertiary/aromatic N) is 3. The Kier molecular flexibility index (Phi) is 4.35. The summed E-state index contributed by atoms with van der Waals surface area (Å²) in [7, 11) is 0. The van der Waals surface area contributed by atoms with Gasteiger partial charge in [-0.1, -0.05) is 42.5 Å². The number of amides is 1. The molecule has 1 aliphatic heterocycles. The molecule has 0 spiro atoms. The normalized spacial score (nSPS) is 16.7. The summed E-state index contributed by atoms with van der Waals surface area (Å²) >= 11 is 0. The molecule has 1 fully saturated rings. The zero-order valence-corrected chi connectivity index (χ0v) is 15.8. The molecule has 1 unspecified atom stereocenters. The van der Waals surface area contributed by atoms with Gasteiger partial charge in [0.05, 0.1) is 11.0 Å². The van der Waals surface area contributed by atoms with Gasteiger partial charge in [0.15, 0.2) is 0 Å². The first-order chi connectivity index (χ1) is 14.2. The van der Waals surface area contributed by atoms with E-state index in [1.165, 1.54) is 17.7 Å². The largest absolute Gasteiger partial charge is 0.323 e. The van der Waals surface area contributed by atoms with Crippen LogP contribution in [0.1, 0.15) is 23.7 Å². The van der Waals surface area contributed by atoms with Crippen LogP contribution >= 0.6 is 0 Å². The molecule has 4 nitrogen and oxygen atoms in total. The van der Waals surface area contributed by atoms with Gasteiger partial charge in [0.2, 0.25) is 5.91 Å². The van der Waals surface area contributed by atoms with Crippen LogP contribution < -0.4 is 4.90 Å². The number of carbonyl (C=O) groups excluding carboxylic acids is 1. The highest BCUT2D eigenvalue weighted by molar-refractivity contribution is 5.96.